The Kier molecular flexibility index (Phi) is 4.33. The standard InChI is InChI=1S/C22H17N9O2/c32-21(30-17-9-3-1-7-15(17)23-25-30)13-28-19-11-5-6-12-20(19)29(27-28)14-22(33)31-18-10-4-2-8-16(18)24-26-31/h1-12,27H,13-14H2. The van der Waals surface area contributed by atoms with E-state index in [1.807, 2.05) is 48.5 Å². The predicted octanol–water partition coefficient (Wildman–Crippen LogP) is 1.90. The molecule has 11 heteroatoms. The van der Waals surface area contributed by atoms with Crippen LogP contribution in [0.25, 0.3) is 22.1 Å². The zero-order valence-corrected chi connectivity index (χ0v) is 17.2. The first-order chi connectivity index (χ1) is 16.2. The summed E-state index contributed by atoms with van der Waals surface area (Å²) in [6.45, 7) is -0.0252. The van der Waals surface area contributed by atoms with Gasteiger partial charge in [-0.3, -0.25) is 19.6 Å². The summed E-state index contributed by atoms with van der Waals surface area (Å²) in [7, 11) is 0. The second kappa shape index (κ2) is 7.50. The number of rotatable bonds is 4. The first-order valence-corrected chi connectivity index (χ1v) is 10.3. The number of aromatic nitrogens is 6. The van der Waals surface area contributed by atoms with Gasteiger partial charge in [0.25, 0.3) is 11.8 Å². The molecule has 1 N–H and O–H groups in total. The van der Waals surface area contributed by atoms with Gasteiger partial charge in [0.15, 0.2) is 0 Å². The van der Waals surface area contributed by atoms with Gasteiger partial charge in [-0.25, -0.2) is 0 Å². The van der Waals surface area contributed by atoms with Gasteiger partial charge in [0.05, 0.1) is 22.4 Å². The molecule has 0 spiro atoms. The zero-order valence-electron chi connectivity index (χ0n) is 17.2. The number of nitrogens with one attached hydrogen (secondary N) is 1. The van der Waals surface area contributed by atoms with E-state index >= 15 is 0 Å². The van der Waals surface area contributed by atoms with E-state index in [9.17, 15) is 9.59 Å². The van der Waals surface area contributed by atoms with Gasteiger partial charge in [0.2, 0.25) is 0 Å². The fourth-order valence-corrected chi connectivity index (χ4v) is 3.93. The van der Waals surface area contributed by atoms with E-state index in [4.69, 9.17) is 0 Å². The minimum absolute atomic E-state index is 0.0126. The van der Waals surface area contributed by atoms with Crippen molar-refractivity contribution >= 4 is 45.3 Å². The molecule has 162 valence electrons. The van der Waals surface area contributed by atoms with Crippen LogP contribution < -0.4 is 15.6 Å². The van der Waals surface area contributed by atoms with Crippen LogP contribution in [0.2, 0.25) is 0 Å². The van der Waals surface area contributed by atoms with Gasteiger partial charge in [-0.1, -0.05) is 46.8 Å². The number of hydrogen-bond donors (Lipinski definition) is 1. The summed E-state index contributed by atoms with van der Waals surface area (Å²) < 4.78 is 2.57. The fraction of sp³-hybridized carbons (Fsp3) is 0.0909. The molecule has 1 aliphatic rings. The van der Waals surface area contributed by atoms with Crippen molar-refractivity contribution in [3.05, 3.63) is 72.8 Å². The Morgan fingerprint density at radius 2 is 1.06 bits per heavy atom. The minimum atomic E-state index is -0.263. The molecule has 0 aliphatic carbocycles. The first-order valence-electron chi connectivity index (χ1n) is 10.3. The Bertz CT molecular complexity index is 1410. The van der Waals surface area contributed by atoms with Crippen molar-refractivity contribution < 1.29 is 9.59 Å². The molecule has 11 nitrogen and oxygen atoms in total. The van der Waals surface area contributed by atoms with Gasteiger partial charge < -0.3 is 0 Å². The summed E-state index contributed by atoms with van der Waals surface area (Å²) in [4.78, 5) is 26.0. The third-order valence-corrected chi connectivity index (χ3v) is 5.47. The summed E-state index contributed by atoms with van der Waals surface area (Å²) in [6, 6.07) is 22.1. The van der Waals surface area contributed by atoms with Crippen molar-refractivity contribution in [2.24, 2.45) is 0 Å². The van der Waals surface area contributed by atoms with E-state index in [0.29, 0.717) is 22.1 Å². The van der Waals surface area contributed by atoms with Crippen LogP contribution in [0.5, 0.6) is 0 Å². The van der Waals surface area contributed by atoms with E-state index in [1.54, 1.807) is 34.3 Å². The molecule has 0 saturated heterocycles. The van der Waals surface area contributed by atoms with Crippen LogP contribution in [0.15, 0.2) is 72.8 Å². The first kappa shape index (κ1) is 19.1. The van der Waals surface area contributed by atoms with Crippen LogP contribution in [0.1, 0.15) is 9.59 Å². The number of hydrazine groups is 2. The van der Waals surface area contributed by atoms with Crippen LogP contribution in [-0.2, 0) is 0 Å². The second-order valence-electron chi connectivity index (χ2n) is 7.53. The van der Waals surface area contributed by atoms with Crippen molar-refractivity contribution in [1.29, 1.82) is 0 Å². The highest BCUT2D eigenvalue weighted by molar-refractivity contribution is 5.94. The number of hydrogen-bond acceptors (Lipinski definition) is 9. The molecule has 3 heterocycles. The quantitative estimate of drug-likeness (QED) is 0.448. The molecule has 0 amide bonds. The van der Waals surface area contributed by atoms with Crippen molar-refractivity contribution in [1.82, 2.24) is 35.5 Å². The third-order valence-electron chi connectivity index (χ3n) is 5.47. The molecular formula is C22H17N9O2. The van der Waals surface area contributed by atoms with Crippen LogP contribution in [-0.4, -0.2) is 54.9 Å². The van der Waals surface area contributed by atoms with E-state index < -0.39 is 0 Å². The molecule has 0 fully saturated rings. The molecular weight excluding hydrogens is 422 g/mol. The van der Waals surface area contributed by atoms with Crippen molar-refractivity contribution in [2.75, 3.05) is 23.1 Å². The monoisotopic (exact) mass is 439 g/mol. The van der Waals surface area contributed by atoms with Gasteiger partial charge >= 0.3 is 0 Å². The van der Waals surface area contributed by atoms with Crippen LogP contribution >= 0.6 is 0 Å². The van der Waals surface area contributed by atoms with E-state index in [-0.39, 0.29) is 24.9 Å². The maximum absolute atomic E-state index is 13.0. The lowest BCUT2D eigenvalue weighted by Crippen LogP contribution is -2.49. The Morgan fingerprint density at radius 3 is 1.55 bits per heavy atom. The predicted molar refractivity (Wildman–Crippen MR) is 121 cm³/mol. The lowest BCUT2D eigenvalue weighted by molar-refractivity contribution is 0.0906. The smallest absolute Gasteiger partial charge is 0.270 e. The molecule has 0 saturated carbocycles. The molecule has 2 aromatic heterocycles. The molecule has 0 atom stereocenters. The highest BCUT2D eigenvalue weighted by Crippen LogP contribution is 2.32. The van der Waals surface area contributed by atoms with Gasteiger partial charge in [-0.2, -0.15) is 9.36 Å². The average Bonchev–Trinajstić information content (AvgIpc) is 3.55. The Hall–Kier alpha value is -4.64. The summed E-state index contributed by atoms with van der Waals surface area (Å²) in [5.74, 6) is -0.525. The normalized spacial score (nSPS) is 13.1. The molecule has 33 heavy (non-hydrogen) atoms. The molecule has 0 bridgehead atoms. The fourth-order valence-electron chi connectivity index (χ4n) is 3.93. The Labute approximate surface area is 186 Å². The topological polar surface area (TPSA) is 114 Å². The molecule has 6 rings (SSSR count). The second-order valence-corrected chi connectivity index (χ2v) is 7.53. The number of carbonyl (C=O) groups is 2. The van der Waals surface area contributed by atoms with Gasteiger partial charge in [-0.15, -0.1) is 15.7 Å². The van der Waals surface area contributed by atoms with E-state index in [0.717, 1.165) is 11.4 Å². The molecule has 0 unspecified atom stereocenters. The van der Waals surface area contributed by atoms with Crippen LogP contribution in [0, 0.1) is 0 Å². The van der Waals surface area contributed by atoms with Crippen molar-refractivity contribution in [3.8, 4) is 0 Å². The van der Waals surface area contributed by atoms with Crippen LogP contribution in [0.3, 0.4) is 0 Å². The molecule has 0 radical (unpaired) electrons. The highest BCUT2D eigenvalue weighted by Gasteiger charge is 2.30. The zero-order chi connectivity index (χ0) is 22.4. The number of anilines is 2. The maximum Gasteiger partial charge on any atom is 0.270 e. The summed E-state index contributed by atoms with van der Waals surface area (Å²) in [5.41, 5.74) is 7.25. The Balaban J connectivity index is 1.25. The third kappa shape index (κ3) is 3.18. The largest absolute Gasteiger partial charge is 0.279 e. The van der Waals surface area contributed by atoms with Crippen molar-refractivity contribution in [2.45, 2.75) is 0 Å². The van der Waals surface area contributed by atoms with E-state index in [2.05, 4.69) is 26.2 Å². The van der Waals surface area contributed by atoms with Gasteiger partial charge in [-0.05, 0) is 36.4 Å². The van der Waals surface area contributed by atoms with Gasteiger partial charge in [0.1, 0.15) is 24.1 Å². The SMILES string of the molecule is O=C(CN1NN(CC(=O)n2nnc3ccccc32)c2ccccc21)n1nnc2ccccc21. The lowest BCUT2D eigenvalue weighted by atomic mass is 10.2. The lowest BCUT2D eigenvalue weighted by Gasteiger charge is -2.21. The Morgan fingerprint density at radius 1 is 0.636 bits per heavy atom. The summed E-state index contributed by atoms with van der Waals surface area (Å²) in [5, 5.41) is 19.5. The van der Waals surface area contributed by atoms with E-state index in [1.165, 1.54) is 9.36 Å². The molecule has 5 aromatic rings. The average molecular weight is 439 g/mol. The maximum atomic E-state index is 13.0. The highest BCUT2D eigenvalue weighted by atomic mass is 16.2. The number of nitrogens with zero attached hydrogens (tertiary/aromatic N) is 8. The minimum Gasteiger partial charge on any atom is -0.279 e. The van der Waals surface area contributed by atoms with Crippen molar-refractivity contribution in [3.63, 3.8) is 0 Å². The number of fused-ring (bicyclic) bond motifs is 3. The van der Waals surface area contributed by atoms with Crippen LogP contribution in [0.4, 0.5) is 11.4 Å². The molecule has 3 aromatic carbocycles. The summed E-state index contributed by atoms with van der Waals surface area (Å²) >= 11 is 0. The number of carbonyl (C=O) groups excluding carboxylic acids is 2. The molecule has 1 aliphatic heterocycles. The summed E-state index contributed by atoms with van der Waals surface area (Å²) in [6.07, 6.45) is 0. The van der Waals surface area contributed by atoms with Gasteiger partial charge in [0, 0.05) is 0 Å². The number of para-hydroxylation sites is 4. The number of benzene rings is 3.